The second kappa shape index (κ2) is 7.00. The second-order valence-corrected chi connectivity index (χ2v) is 6.60. The molecule has 2 nitrogen and oxygen atoms in total. The Bertz CT molecular complexity index is 1190. The SMILES string of the molecule is O=c1cc(C(F)(F)F)cc(-c2ccc3ccccc3c2)n1Cc1ccccc1. The number of hydrogen-bond acceptors (Lipinski definition) is 1. The van der Waals surface area contributed by atoms with Crippen molar-refractivity contribution in [2.75, 3.05) is 0 Å². The molecule has 0 spiro atoms. The van der Waals surface area contributed by atoms with Crippen LogP contribution in [-0.2, 0) is 12.7 Å². The monoisotopic (exact) mass is 379 g/mol. The van der Waals surface area contributed by atoms with E-state index < -0.39 is 17.3 Å². The number of halogens is 3. The number of aromatic nitrogens is 1. The van der Waals surface area contributed by atoms with Crippen molar-refractivity contribution in [3.63, 3.8) is 0 Å². The molecule has 28 heavy (non-hydrogen) atoms. The highest BCUT2D eigenvalue weighted by Gasteiger charge is 2.32. The lowest BCUT2D eigenvalue weighted by molar-refractivity contribution is -0.137. The molecule has 0 unspecified atom stereocenters. The lowest BCUT2D eigenvalue weighted by Crippen LogP contribution is -2.24. The van der Waals surface area contributed by atoms with Crippen LogP contribution in [0.2, 0.25) is 0 Å². The quantitative estimate of drug-likeness (QED) is 0.445. The Morgan fingerprint density at radius 3 is 2.14 bits per heavy atom. The summed E-state index contributed by atoms with van der Waals surface area (Å²) in [7, 11) is 0. The molecule has 4 aromatic rings. The molecule has 0 fully saturated rings. The van der Waals surface area contributed by atoms with Crippen LogP contribution in [0.5, 0.6) is 0 Å². The van der Waals surface area contributed by atoms with E-state index in [1.54, 1.807) is 6.07 Å². The molecule has 0 saturated heterocycles. The van der Waals surface area contributed by atoms with Gasteiger partial charge in [-0.15, -0.1) is 0 Å². The highest BCUT2D eigenvalue weighted by atomic mass is 19.4. The van der Waals surface area contributed by atoms with Gasteiger partial charge >= 0.3 is 6.18 Å². The standard InChI is InChI=1S/C23H16F3NO/c24-23(25,26)20-13-21(19-11-10-17-8-4-5-9-18(17)12-19)27(22(28)14-20)15-16-6-2-1-3-7-16/h1-14H,15H2. The zero-order chi connectivity index (χ0) is 19.7. The van der Waals surface area contributed by atoms with Gasteiger partial charge in [-0.1, -0.05) is 66.7 Å². The maximum atomic E-state index is 13.3. The second-order valence-electron chi connectivity index (χ2n) is 6.60. The smallest absolute Gasteiger partial charge is 0.304 e. The predicted octanol–water partition coefficient (Wildman–Crippen LogP) is 5.74. The molecule has 0 aliphatic heterocycles. The van der Waals surface area contributed by atoms with Crippen LogP contribution in [0, 0.1) is 0 Å². The lowest BCUT2D eigenvalue weighted by Gasteiger charge is -2.17. The Morgan fingerprint density at radius 1 is 0.750 bits per heavy atom. The van der Waals surface area contributed by atoms with E-state index in [2.05, 4.69) is 0 Å². The third-order valence-corrected chi connectivity index (χ3v) is 4.68. The molecule has 0 atom stereocenters. The molecule has 0 bridgehead atoms. The molecular weight excluding hydrogens is 363 g/mol. The van der Waals surface area contributed by atoms with E-state index in [1.165, 1.54) is 4.57 Å². The van der Waals surface area contributed by atoms with Crippen LogP contribution < -0.4 is 5.56 Å². The van der Waals surface area contributed by atoms with Crippen molar-refractivity contribution in [3.8, 4) is 11.3 Å². The Kier molecular flexibility index (Phi) is 4.51. The molecule has 0 aliphatic rings. The van der Waals surface area contributed by atoms with Gasteiger partial charge in [0.05, 0.1) is 17.8 Å². The van der Waals surface area contributed by atoms with E-state index in [0.717, 1.165) is 22.4 Å². The largest absolute Gasteiger partial charge is 0.416 e. The zero-order valence-electron chi connectivity index (χ0n) is 14.8. The third kappa shape index (κ3) is 3.56. The van der Waals surface area contributed by atoms with Crippen molar-refractivity contribution in [2.45, 2.75) is 12.7 Å². The summed E-state index contributed by atoms with van der Waals surface area (Å²) >= 11 is 0. The Labute approximate surface area is 159 Å². The van der Waals surface area contributed by atoms with Crippen molar-refractivity contribution in [1.82, 2.24) is 4.57 Å². The molecule has 0 aliphatic carbocycles. The molecule has 0 N–H and O–H groups in total. The number of hydrogen-bond donors (Lipinski definition) is 0. The molecule has 140 valence electrons. The average Bonchev–Trinajstić information content (AvgIpc) is 2.69. The first-order valence-electron chi connectivity index (χ1n) is 8.77. The third-order valence-electron chi connectivity index (χ3n) is 4.68. The molecule has 5 heteroatoms. The molecule has 1 aromatic heterocycles. The first-order chi connectivity index (χ1) is 13.4. The normalized spacial score (nSPS) is 11.7. The van der Waals surface area contributed by atoms with E-state index in [1.807, 2.05) is 66.7 Å². The fourth-order valence-electron chi connectivity index (χ4n) is 3.28. The Hall–Kier alpha value is -3.34. The number of alkyl halides is 3. The van der Waals surface area contributed by atoms with Gasteiger partial charge in [0.2, 0.25) is 0 Å². The van der Waals surface area contributed by atoms with Crippen molar-refractivity contribution >= 4 is 10.8 Å². The minimum atomic E-state index is -4.59. The summed E-state index contributed by atoms with van der Waals surface area (Å²) in [5, 5.41) is 1.88. The van der Waals surface area contributed by atoms with Crippen LogP contribution in [0.1, 0.15) is 11.1 Å². The van der Waals surface area contributed by atoms with E-state index in [9.17, 15) is 18.0 Å². The summed E-state index contributed by atoms with van der Waals surface area (Å²) in [5.74, 6) is 0. The van der Waals surface area contributed by atoms with E-state index in [-0.39, 0.29) is 12.2 Å². The molecule has 3 aromatic carbocycles. The number of rotatable bonds is 3. The summed E-state index contributed by atoms with van der Waals surface area (Å²) in [4.78, 5) is 12.6. The van der Waals surface area contributed by atoms with Crippen LogP contribution in [0.3, 0.4) is 0 Å². The fourth-order valence-corrected chi connectivity index (χ4v) is 3.28. The van der Waals surface area contributed by atoms with Crippen LogP contribution in [0.4, 0.5) is 13.2 Å². The maximum absolute atomic E-state index is 13.3. The summed E-state index contributed by atoms with van der Waals surface area (Å²) in [5.41, 5.74) is 0.0328. The first-order valence-corrected chi connectivity index (χ1v) is 8.77. The maximum Gasteiger partial charge on any atom is 0.416 e. The van der Waals surface area contributed by atoms with Gasteiger partial charge in [0.1, 0.15) is 0 Å². The van der Waals surface area contributed by atoms with Crippen molar-refractivity contribution in [1.29, 1.82) is 0 Å². The van der Waals surface area contributed by atoms with E-state index in [0.29, 0.717) is 11.6 Å². The number of benzene rings is 3. The van der Waals surface area contributed by atoms with Crippen LogP contribution >= 0.6 is 0 Å². The number of fused-ring (bicyclic) bond motifs is 1. The topological polar surface area (TPSA) is 22.0 Å². The van der Waals surface area contributed by atoms with Crippen molar-refractivity contribution in [3.05, 3.63) is 106 Å². The summed E-state index contributed by atoms with van der Waals surface area (Å²) in [6.07, 6.45) is -4.59. The predicted molar refractivity (Wildman–Crippen MR) is 104 cm³/mol. The summed E-state index contributed by atoms with van der Waals surface area (Å²) < 4.78 is 41.4. The Balaban J connectivity index is 1.93. The van der Waals surface area contributed by atoms with E-state index >= 15 is 0 Å². The zero-order valence-corrected chi connectivity index (χ0v) is 14.8. The van der Waals surface area contributed by atoms with E-state index in [4.69, 9.17) is 0 Å². The molecule has 1 heterocycles. The van der Waals surface area contributed by atoms with Gasteiger partial charge in [-0.3, -0.25) is 4.79 Å². The van der Waals surface area contributed by atoms with Gasteiger partial charge in [-0.05, 0) is 34.0 Å². The van der Waals surface area contributed by atoms with Crippen molar-refractivity contribution < 1.29 is 13.2 Å². The summed E-state index contributed by atoms with van der Waals surface area (Å²) in [6.45, 7) is 0.194. The lowest BCUT2D eigenvalue weighted by atomic mass is 10.0. The van der Waals surface area contributed by atoms with Gasteiger partial charge in [0.15, 0.2) is 0 Å². The molecule has 0 amide bonds. The molecule has 4 rings (SSSR count). The van der Waals surface area contributed by atoms with Gasteiger partial charge in [-0.2, -0.15) is 13.2 Å². The van der Waals surface area contributed by atoms with Crippen LogP contribution in [0.15, 0.2) is 89.7 Å². The highest BCUT2D eigenvalue weighted by Crippen LogP contribution is 2.32. The fraction of sp³-hybridized carbons (Fsp3) is 0.0870. The van der Waals surface area contributed by atoms with Crippen LogP contribution in [-0.4, -0.2) is 4.57 Å². The van der Waals surface area contributed by atoms with Crippen LogP contribution in [0.25, 0.3) is 22.0 Å². The summed E-state index contributed by atoms with van der Waals surface area (Å²) in [6, 6.07) is 23.9. The van der Waals surface area contributed by atoms with Crippen molar-refractivity contribution in [2.24, 2.45) is 0 Å². The minimum Gasteiger partial charge on any atom is -0.304 e. The number of pyridine rings is 1. The highest BCUT2D eigenvalue weighted by molar-refractivity contribution is 5.86. The van der Waals surface area contributed by atoms with Gasteiger partial charge < -0.3 is 4.57 Å². The molecular formula is C23H16F3NO. The van der Waals surface area contributed by atoms with Gasteiger partial charge in [0.25, 0.3) is 5.56 Å². The Morgan fingerprint density at radius 2 is 1.43 bits per heavy atom. The minimum absolute atomic E-state index is 0.194. The first kappa shape index (κ1) is 18.0. The molecule has 0 saturated carbocycles. The van der Waals surface area contributed by atoms with Gasteiger partial charge in [-0.25, -0.2) is 0 Å². The average molecular weight is 379 g/mol. The number of nitrogens with zero attached hydrogens (tertiary/aromatic N) is 1. The van der Waals surface area contributed by atoms with Gasteiger partial charge in [0, 0.05) is 6.07 Å². The molecule has 0 radical (unpaired) electrons.